The molecular formula is C20H45P. The van der Waals surface area contributed by atoms with Gasteiger partial charge in [0.15, 0.2) is 0 Å². The molecular weight excluding hydrogens is 271 g/mol. The van der Waals surface area contributed by atoms with E-state index in [9.17, 15) is 0 Å². The van der Waals surface area contributed by atoms with Gasteiger partial charge in [0.1, 0.15) is 0 Å². The molecule has 0 saturated carbocycles. The third-order valence-corrected chi connectivity index (χ3v) is 5.33. The van der Waals surface area contributed by atoms with Crippen molar-refractivity contribution in [2.24, 2.45) is 0 Å². The molecule has 21 heavy (non-hydrogen) atoms. The van der Waals surface area contributed by atoms with Crippen LogP contribution in [0.2, 0.25) is 0 Å². The molecule has 0 N–H and O–H groups in total. The molecule has 130 valence electrons. The maximum Gasteiger partial charge on any atom is -0.0353 e. The lowest BCUT2D eigenvalue weighted by molar-refractivity contribution is 0.623. The summed E-state index contributed by atoms with van der Waals surface area (Å²) in [5.41, 5.74) is 0. The fourth-order valence-electron chi connectivity index (χ4n) is 2.19. The Morgan fingerprint density at radius 2 is 0.714 bits per heavy atom. The van der Waals surface area contributed by atoms with Crippen LogP contribution in [0.3, 0.4) is 0 Å². The van der Waals surface area contributed by atoms with Crippen LogP contribution in [0.1, 0.15) is 118 Å². The molecule has 0 atom stereocenters. The predicted molar refractivity (Wildman–Crippen MR) is 105 cm³/mol. The van der Waals surface area contributed by atoms with Crippen LogP contribution >= 0.6 is 8.58 Å². The standard InChI is InChI=1S/C16H35P.C4H10/c1-3-5-7-9-11-13-15-17-16-14-12-10-8-6-4-2;1-3-4-2/h17H,3-16H2,1-2H3;3-4H2,1-2H3. The predicted octanol–water partition coefficient (Wildman–Crippen LogP) is 8.19. The molecule has 0 fully saturated rings. The summed E-state index contributed by atoms with van der Waals surface area (Å²) in [6.07, 6.45) is 23.2. The van der Waals surface area contributed by atoms with Crippen molar-refractivity contribution in [3.8, 4) is 0 Å². The number of hydrogen-bond acceptors (Lipinski definition) is 0. The van der Waals surface area contributed by atoms with Gasteiger partial charge in [0, 0.05) is 0 Å². The molecule has 0 aromatic heterocycles. The van der Waals surface area contributed by atoms with Crippen molar-refractivity contribution in [1.29, 1.82) is 0 Å². The monoisotopic (exact) mass is 316 g/mol. The highest BCUT2D eigenvalue weighted by molar-refractivity contribution is 7.37. The summed E-state index contributed by atoms with van der Waals surface area (Å²) < 4.78 is 0. The van der Waals surface area contributed by atoms with Crippen molar-refractivity contribution in [1.82, 2.24) is 0 Å². The van der Waals surface area contributed by atoms with Gasteiger partial charge in [0.25, 0.3) is 0 Å². The molecule has 0 heterocycles. The largest absolute Gasteiger partial charge is 0.122 e. The van der Waals surface area contributed by atoms with E-state index in [2.05, 4.69) is 27.7 Å². The fourth-order valence-corrected chi connectivity index (χ4v) is 3.44. The van der Waals surface area contributed by atoms with Crippen LogP contribution in [0, 0.1) is 0 Å². The zero-order chi connectivity index (χ0) is 16.0. The van der Waals surface area contributed by atoms with Gasteiger partial charge in [-0.1, -0.05) is 105 Å². The van der Waals surface area contributed by atoms with Crippen LogP contribution < -0.4 is 0 Å². The quantitative estimate of drug-likeness (QED) is 0.211. The topological polar surface area (TPSA) is 0 Å². The van der Waals surface area contributed by atoms with E-state index < -0.39 is 0 Å². The van der Waals surface area contributed by atoms with Crippen molar-refractivity contribution in [3.05, 3.63) is 0 Å². The van der Waals surface area contributed by atoms with Crippen molar-refractivity contribution >= 4 is 8.58 Å². The highest BCUT2D eigenvalue weighted by Crippen LogP contribution is 2.17. The summed E-state index contributed by atoms with van der Waals surface area (Å²) in [5.74, 6) is 0. The van der Waals surface area contributed by atoms with Crippen molar-refractivity contribution in [2.75, 3.05) is 12.3 Å². The first-order valence-corrected chi connectivity index (χ1v) is 11.4. The Bertz CT molecular complexity index is 129. The van der Waals surface area contributed by atoms with E-state index in [1.807, 2.05) is 0 Å². The second-order valence-corrected chi connectivity index (χ2v) is 7.79. The second-order valence-electron chi connectivity index (χ2n) is 6.29. The zero-order valence-electron chi connectivity index (χ0n) is 15.8. The Morgan fingerprint density at radius 1 is 0.381 bits per heavy atom. The average Bonchev–Trinajstić information content (AvgIpc) is 2.52. The molecule has 0 aromatic carbocycles. The van der Waals surface area contributed by atoms with Crippen molar-refractivity contribution in [3.63, 3.8) is 0 Å². The highest BCUT2D eigenvalue weighted by atomic mass is 31.1. The lowest BCUT2D eigenvalue weighted by Gasteiger charge is -2.03. The fraction of sp³-hybridized carbons (Fsp3) is 1.00. The Kier molecular flexibility index (Phi) is 28.6. The van der Waals surface area contributed by atoms with Gasteiger partial charge in [0.2, 0.25) is 0 Å². The lowest BCUT2D eigenvalue weighted by Crippen LogP contribution is -1.84. The Hall–Kier alpha value is 0.430. The molecule has 1 heteroatoms. The molecule has 0 radical (unpaired) electrons. The SMILES string of the molecule is CCCC.CCCCCCCCPCCCCCCCC. The normalized spacial score (nSPS) is 10.3. The molecule has 0 aliphatic rings. The first kappa shape index (κ1) is 23.7. The summed E-state index contributed by atoms with van der Waals surface area (Å²) in [6, 6.07) is 0. The van der Waals surface area contributed by atoms with Gasteiger partial charge in [-0.15, -0.1) is 8.58 Å². The summed E-state index contributed by atoms with van der Waals surface area (Å²) in [4.78, 5) is 0. The highest BCUT2D eigenvalue weighted by Gasteiger charge is 1.93. The van der Waals surface area contributed by atoms with E-state index in [4.69, 9.17) is 0 Å². The number of rotatable bonds is 15. The molecule has 0 aliphatic carbocycles. The van der Waals surface area contributed by atoms with Gasteiger partial charge >= 0.3 is 0 Å². The van der Waals surface area contributed by atoms with Gasteiger partial charge in [-0.3, -0.25) is 0 Å². The number of unbranched alkanes of at least 4 members (excludes halogenated alkanes) is 11. The van der Waals surface area contributed by atoms with E-state index in [0.29, 0.717) is 0 Å². The van der Waals surface area contributed by atoms with E-state index in [1.165, 1.54) is 111 Å². The molecule has 0 aliphatic heterocycles. The van der Waals surface area contributed by atoms with E-state index in [1.54, 1.807) is 0 Å². The van der Waals surface area contributed by atoms with Gasteiger partial charge in [-0.2, -0.15) is 0 Å². The summed E-state index contributed by atoms with van der Waals surface area (Å²) in [7, 11) is 1.26. The van der Waals surface area contributed by atoms with Crippen LogP contribution in [0.15, 0.2) is 0 Å². The smallest absolute Gasteiger partial charge is 0.0353 e. The van der Waals surface area contributed by atoms with Gasteiger partial charge in [0.05, 0.1) is 0 Å². The summed E-state index contributed by atoms with van der Waals surface area (Å²) >= 11 is 0. The van der Waals surface area contributed by atoms with Crippen LogP contribution in [-0.2, 0) is 0 Å². The third-order valence-electron chi connectivity index (χ3n) is 3.91. The molecule has 0 amide bonds. The third kappa shape index (κ3) is 29.1. The van der Waals surface area contributed by atoms with Gasteiger partial charge in [-0.25, -0.2) is 0 Å². The molecule has 0 bridgehead atoms. The lowest BCUT2D eigenvalue weighted by atomic mass is 10.1. The summed E-state index contributed by atoms with van der Waals surface area (Å²) in [5, 5.41) is 0. The van der Waals surface area contributed by atoms with E-state index in [0.717, 1.165) is 0 Å². The maximum absolute atomic E-state index is 2.29. The molecule has 0 spiro atoms. The minimum atomic E-state index is 1.26. The molecule has 0 rings (SSSR count). The van der Waals surface area contributed by atoms with Crippen molar-refractivity contribution in [2.45, 2.75) is 118 Å². The van der Waals surface area contributed by atoms with Gasteiger partial charge in [-0.05, 0) is 25.2 Å². The number of hydrogen-bond donors (Lipinski definition) is 0. The van der Waals surface area contributed by atoms with Crippen LogP contribution in [0.25, 0.3) is 0 Å². The maximum atomic E-state index is 2.29. The zero-order valence-corrected chi connectivity index (χ0v) is 16.8. The molecule has 0 saturated heterocycles. The van der Waals surface area contributed by atoms with Crippen LogP contribution in [-0.4, -0.2) is 12.3 Å². The molecule has 0 unspecified atom stereocenters. The van der Waals surface area contributed by atoms with E-state index >= 15 is 0 Å². The van der Waals surface area contributed by atoms with Crippen LogP contribution in [0.5, 0.6) is 0 Å². The minimum absolute atomic E-state index is 1.26. The Labute approximate surface area is 139 Å². The van der Waals surface area contributed by atoms with Crippen molar-refractivity contribution < 1.29 is 0 Å². The Morgan fingerprint density at radius 3 is 1.05 bits per heavy atom. The van der Waals surface area contributed by atoms with E-state index in [-0.39, 0.29) is 0 Å². The first-order chi connectivity index (χ1) is 10.3. The molecule has 0 nitrogen and oxygen atoms in total. The average molecular weight is 317 g/mol. The summed E-state index contributed by atoms with van der Waals surface area (Å²) in [6.45, 7) is 8.95. The van der Waals surface area contributed by atoms with Gasteiger partial charge < -0.3 is 0 Å². The molecule has 0 aromatic rings. The van der Waals surface area contributed by atoms with Crippen LogP contribution in [0.4, 0.5) is 0 Å². The first-order valence-electron chi connectivity index (χ1n) is 10.0. The second kappa shape index (κ2) is 25.4. The minimum Gasteiger partial charge on any atom is -0.122 e. The Balaban J connectivity index is 0.